The van der Waals surface area contributed by atoms with Gasteiger partial charge in [0.05, 0.1) is 13.2 Å². The molecule has 6 unspecified atom stereocenters. The highest BCUT2D eigenvalue weighted by molar-refractivity contribution is 7.47. The summed E-state index contributed by atoms with van der Waals surface area (Å²) in [5.74, 6) is -0.486. The first-order valence-electron chi connectivity index (χ1n) is 22.0. The molecule has 0 bridgehead atoms. The van der Waals surface area contributed by atoms with Crippen LogP contribution in [0.3, 0.4) is 0 Å². The van der Waals surface area contributed by atoms with Crippen molar-refractivity contribution < 1.29 is 58.3 Å². The molecule has 0 saturated heterocycles. The average molecular weight is 831 g/mol. The van der Waals surface area contributed by atoms with Crippen LogP contribution in [0.1, 0.15) is 162 Å². The largest absolute Gasteiger partial charge is 0.472 e. The van der Waals surface area contributed by atoms with E-state index in [4.69, 9.17) is 18.5 Å². The van der Waals surface area contributed by atoms with Crippen LogP contribution in [0, 0.1) is 0 Å². The number of hydrogen-bond acceptors (Lipinski definition) is 11. The van der Waals surface area contributed by atoms with Crippen molar-refractivity contribution in [2.75, 3.05) is 19.8 Å². The fourth-order valence-electron chi connectivity index (χ4n) is 6.46. The lowest BCUT2D eigenvalue weighted by molar-refractivity contribution is -0.220. The van der Waals surface area contributed by atoms with Gasteiger partial charge in [-0.15, -0.1) is 0 Å². The van der Waals surface area contributed by atoms with Gasteiger partial charge in [0, 0.05) is 13.0 Å². The van der Waals surface area contributed by atoms with Crippen LogP contribution in [0.5, 0.6) is 0 Å². The highest BCUT2D eigenvalue weighted by Crippen LogP contribution is 2.47. The second-order valence-corrected chi connectivity index (χ2v) is 16.6. The van der Waals surface area contributed by atoms with Gasteiger partial charge in [0.1, 0.15) is 42.7 Å². The van der Waals surface area contributed by atoms with E-state index in [1.165, 1.54) is 51.4 Å². The summed E-state index contributed by atoms with van der Waals surface area (Å²) in [6.07, 6.45) is 29.0. The molecule has 1 aliphatic carbocycles. The quantitative estimate of drug-likeness (QED) is 0.0153. The minimum atomic E-state index is -5.02. The SMILES string of the molecule is CC/C=C\C/C=C\C/C=C\C/C=C\CCCCCCCOCC(COP(=O)(O)OC1C(O)C(O)C(O)C(O)C1O)OC(=O)CCCCCCCCCCCCCC. The first-order valence-corrected chi connectivity index (χ1v) is 23.5. The smallest absolute Gasteiger partial charge is 0.457 e. The van der Waals surface area contributed by atoms with E-state index in [0.717, 1.165) is 83.5 Å². The fraction of sp³-hybridized carbons (Fsp3) is 0.795. The predicted octanol–water partition coefficient (Wildman–Crippen LogP) is 8.47. The van der Waals surface area contributed by atoms with Crippen LogP contribution in [-0.4, -0.2) is 98.9 Å². The van der Waals surface area contributed by atoms with E-state index in [1.54, 1.807) is 0 Å². The van der Waals surface area contributed by atoms with Gasteiger partial charge in [-0.3, -0.25) is 13.8 Å². The van der Waals surface area contributed by atoms with Crippen LogP contribution < -0.4 is 0 Å². The van der Waals surface area contributed by atoms with E-state index in [-0.39, 0.29) is 13.0 Å². The van der Waals surface area contributed by atoms with E-state index in [2.05, 4.69) is 62.5 Å². The van der Waals surface area contributed by atoms with Crippen LogP contribution >= 0.6 is 7.82 Å². The fourth-order valence-corrected chi connectivity index (χ4v) is 7.44. The number of unbranched alkanes of at least 4 members (excludes halogenated alkanes) is 16. The molecule has 1 fully saturated rings. The number of allylic oxidation sites excluding steroid dienone is 8. The number of hydrogen-bond donors (Lipinski definition) is 6. The number of carbonyl (C=O) groups is 1. The molecule has 332 valence electrons. The van der Waals surface area contributed by atoms with Crippen molar-refractivity contribution in [2.45, 2.75) is 204 Å². The van der Waals surface area contributed by atoms with Crippen molar-refractivity contribution >= 4 is 13.8 Å². The summed E-state index contributed by atoms with van der Waals surface area (Å²) in [4.78, 5) is 23.1. The van der Waals surface area contributed by atoms with Crippen molar-refractivity contribution in [3.63, 3.8) is 0 Å². The molecule has 0 aromatic carbocycles. The monoisotopic (exact) mass is 831 g/mol. The standard InChI is InChI=1S/C44H79O12P/c1-3-5-7-9-11-13-15-17-18-19-20-21-22-24-26-28-30-32-34-53-35-37(55-38(45)33-31-29-27-25-23-16-14-12-10-8-6-4-2)36-54-57(51,52)56-44-42(49)40(47)39(46)41(48)43(44)50/h5,7,11,13,17-18,20-21,37,39-44,46-50H,3-4,6,8-10,12,14-16,19,22-36H2,1-2H3,(H,51,52)/b7-5-,13-11-,18-17-,21-20-. The van der Waals surface area contributed by atoms with Gasteiger partial charge in [0.2, 0.25) is 0 Å². The Kier molecular flexibility index (Phi) is 32.8. The highest BCUT2D eigenvalue weighted by atomic mass is 31.2. The number of ether oxygens (including phenoxy) is 2. The number of rotatable bonds is 36. The minimum Gasteiger partial charge on any atom is -0.457 e. The molecular formula is C44H79O12P. The van der Waals surface area contributed by atoms with Crippen LogP contribution in [0.2, 0.25) is 0 Å². The number of phosphoric ester groups is 1. The number of carbonyl (C=O) groups excluding carboxylic acids is 1. The molecule has 0 spiro atoms. The molecule has 57 heavy (non-hydrogen) atoms. The Bertz CT molecular complexity index is 1130. The maximum absolute atomic E-state index is 12.8. The van der Waals surface area contributed by atoms with Gasteiger partial charge in [-0.1, -0.05) is 152 Å². The number of aliphatic hydroxyl groups is 5. The predicted molar refractivity (Wildman–Crippen MR) is 225 cm³/mol. The number of aliphatic hydroxyl groups excluding tert-OH is 5. The minimum absolute atomic E-state index is 0.0890. The maximum atomic E-state index is 12.8. The summed E-state index contributed by atoms with van der Waals surface area (Å²) < 4.78 is 34.1. The average Bonchev–Trinajstić information content (AvgIpc) is 3.19. The molecule has 0 amide bonds. The first-order chi connectivity index (χ1) is 27.5. The lowest BCUT2D eigenvalue weighted by Gasteiger charge is -2.41. The first kappa shape index (κ1) is 53.3. The third-order valence-electron chi connectivity index (χ3n) is 9.97. The van der Waals surface area contributed by atoms with Gasteiger partial charge in [-0.25, -0.2) is 4.57 Å². The van der Waals surface area contributed by atoms with E-state index in [9.17, 15) is 39.8 Å². The Morgan fingerprint density at radius 1 is 0.579 bits per heavy atom. The van der Waals surface area contributed by atoms with Crippen LogP contribution in [0.4, 0.5) is 0 Å². The normalized spacial score (nSPS) is 23.3. The van der Waals surface area contributed by atoms with Crippen LogP contribution in [0.25, 0.3) is 0 Å². The van der Waals surface area contributed by atoms with Crippen molar-refractivity contribution in [2.24, 2.45) is 0 Å². The van der Waals surface area contributed by atoms with Crippen LogP contribution in [0.15, 0.2) is 48.6 Å². The van der Waals surface area contributed by atoms with E-state index in [0.29, 0.717) is 13.0 Å². The Hall–Kier alpha value is -1.70. The third kappa shape index (κ3) is 27.6. The second kappa shape index (κ2) is 35.1. The molecule has 6 N–H and O–H groups in total. The van der Waals surface area contributed by atoms with Crippen molar-refractivity contribution in [3.8, 4) is 0 Å². The lowest BCUT2D eigenvalue weighted by atomic mass is 9.85. The van der Waals surface area contributed by atoms with E-state index >= 15 is 0 Å². The topological polar surface area (TPSA) is 192 Å². The molecule has 1 saturated carbocycles. The zero-order valence-corrected chi connectivity index (χ0v) is 36.0. The van der Waals surface area contributed by atoms with E-state index < -0.39 is 63.1 Å². The summed E-state index contributed by atoms with van der Waals surface area (Å²) in [6, 6.07) is 0. The summed E-state index contributed by atoms with van der Waals surface area (Å²) >= 11 is 0. The lowest BCUT2D eigenvalue weighted by Crippen LogP contribution is -2.64. The van der Waals surface area contributed by atoms with Crippen molar-refractivity contribution in [3.05, 3.63) is 48.6 Å². The van der Waals surface area contributed by atoms with Crippen LogP contribution in [-0.2, 0) is 27.9 Å². The maximum Gasteiger partial charge on any atom is 0.472 e. The molecule has 13 heteroatoms. The van der Waals surface area contributed by atoms with E-state index in [1.807, 2.05) is 0 Å². The van der Waals surface area contributed by atoms with Gasteiger partial charge in [0.15, 0.2) is 0 Å². The van der Waals surface area contributed by atoms with Gasteiger partial charge in [0.25, 0.3) is 0 Å². The zero-order chi connectivity index (χ0) is 42.0. The summed E-state index contributed by atoms with van der Waals surface area (Å²) in [7, 11) is -5.02. The zero-order valence-electron chi connectivity index (χ0n) is 35.1. The summed E-state index contributed by atoms with van der Waals surface area (Å²) in [5.41, 5.74) is 0. The van der Waals surface area contributed by atoms with Crippen molar-refractivity contribution in [1.82, 2.24) is 0 Å². The molecule has 0 aromatic heterocycles. The molecular weight excluding hydrogens is 751 g/mol. The Morgan fingerprint density at radius 3 is 1.58 bits per heavy atom. The van der Waals surface area contributed by atoms with Gasteiger partial charge >= 0.3 is 13.8 Å². The molecule has 0 radical (unpaired) electrons. The van der Waals surface area contributed by atoms with Crippen molar-refractivity contribution in [1.29, 1.82) is 0 Å². The molecule has 12 nitrogen and oxygen atoms in total. The second-order valence-electron chi connectivity index (χ2n) is 15.2. The molecule has 6 atom stereocenters. The highest BCUT2D eigenvalue weighted by Gasteiger charge is 2.51. The Morgan fingerprint density at radius 2 is 1.04 bits per heavy atom. The number of esters is 1. The Labute approximate surface area is 344 Å². The Balaban J connectivity index is 2.42. The van der Waals surface area contributed by atoms with Gasteiger partial charge < -0.3 is 39.9 Å². The molecule has 0 aromatic rings. The molecule has 1 rings (SSSR count). The summed E-state index contributed by atoms with van der Waals surface area (Å²) in [6.45, 7) is 4.09. The van der Waals surface area contributed by atoms with Gasteiger partial charge in [-0.05, 0) is 51.4 Å². The third-order valence-corrected chi connectivity index (χ3v) is 11.0. The molecule has 1 aliphatic rings. The van der Waals surface area contributed by atoms with Gasteiger partial charge in [-0.2, -0.15) is 0 Å². The molecule has 0 heterocycles. The molecule has 0 aliphatic heterocycles. The summed E-state index contributed by atoms with van der Waals surface area (Å²) in [5, 5.41) is 50.1. The number of phosphoric acid groups is 1.